The van der Waals surface area contributed by atoms with E-state index in [1.807, 2.05) is 0 Å². The monoisotopic (exact) mass is 184 g/mol. The highest BCUT2D eigenvalue weighted by molar-refractivity contribution is 6.78. The molecule has 0 bridgehead atoms. The molecule has 12 heavy (non-hydrogen) atoms. The van der Waals surface area contributed by atoms with Crippen LogP contribution in [0.1, 0.15) is 27.2 Å². The van der Waals surface area contributed by atoms with Crippen molar-refractivity contribution in [3.63, 3.8) is 0 Å². The molecule has 0 N–H and O–H groups in total. The van der Waals surface area contributed by atoms with Gasteiger partial charge in [0.25, 0.3) is 0 Å². The van der Waals surface area contributed by atoms with E-state index in [9.17, 15) is 0 Å². The first-order valence-corrected chi connectivity index (χ1v) is 8.87. The molecule has 1 fully saturated rings. The summed E-state index contributed by atoms with van der Waals surface area (Å²) >= 11 is 0. The summed E-state index contributed by atoms with van der Waals surface area (Å²) in [6, 6.07) is 3.16. The molecule has 0 saturated carbocycles. The van der Waals surface area contributed by atoms with Crippen molar-refractivity contribution in [2.24, 2.45) is 17.8 Å². The van der Waals surface area contributed by atoms with Gasteiger partial charge in [-0.25, -0.2) is 0 Å². The molecular weight excluding hydrogens is 160 g/mol. The average molecular weight is 184 g/mol. The second kappa shape index (κ2) is 3.53. The molecule has 0 amide bonds. The maximum atomic E-state index is 2.56. The zero-order chi connectivity index (χ0) is 9.35. The first kappa shape index (κ1) is 10.3. The van der Waals surface area contributed by atoms with Gasteiger partial charge < -0.3 is 0 Å². The summed E-state index contributed by atoms with van der Waals surface area (Å²) in [6.45, 7) is 12.4. The van der Waals surface area contributed by atoms with Crippen LogP contribution in [0, 0.1) is 17.8 Å². The molecule has 1 heteroatoms. The highest BCUT2D eigenvalue weighted by atomic mass is 28.3. The second-order valence-corrected chi connectivity index (χ2v) is 10.7. The standard InChI is InChI=1S/C11H24Si/c1-6-9(2)11-8-12(4,5)7-10(11)3/h9-11H,6-8H2,1-5H3. The van der Waals surface area contributed by atoms with E-state index in [0.29, 0.717) is 0 Å². The highest BCUT2D eigenvalue weighted by Crippen LogP contribution is 2.44. The van der Waals surface area contributed by atoms with Crippen LogP contribution in [0.25, 0.3) is 0 Å². The molecule has 0 aromatic rings. The van der Waals surface area contributed by atoms with E-state index < -0.39 is 8.07 Å². The molecule has 1 aliphatic heterocycles. The van der Waals surface area contributed by atoms with Crippen molar-refractivity contribution < 1.29 is 0 Å². The summed E-state index contributed by atoms with van der Waals surface area (Å²) in [5.74, 6) is 3.03. The van der Waals surface area contributed by atoms with Crippen LogP contribution in [0.5, 0.6) is 0 Å². The lowest BCUT2D eigenvalue weighted by Gasteiger charge is -2.22. The Morgan fingerprint density at radius 3 is 2.25 bits per heavy atom. The quantitative estimate of drug-likeness (QED) is 0.569. The van der Waals surface area contributed by atoms with Crippen molar-refractivity contribution in [3.05, 3.63) is 0 Å². The molecule has 0 spiro atoms. The van der Waals surface area contributed by atoms with E-state index in [0.717, 1.165) is 17.8 Å². The fraction of sp³-hybridized carbons (Fsp3) is 1.00. The average Bonchev–Trinajstić information content (AvgIpc) is 2.23. The lowest BCUT2D eigenvalue weighted by atomic mass is 9.85. The third-order valence-corrected chi connectivity index (χ3v) is 7.09. The van der Waals surface area contributed by atoms with Crippen molar-refractivity contribution >= 4 is 8.07 Å². The maximum absolute atomic E-state index is 2.56. The van der Waals surface area contributed by atoms with Crippen molar-refractivity contribution in [3.8, 4) is 0 Å². The fourth-order valence-electron chi connectivity index (χ4n) is 3.01. The summed E-state index contributed by atoms with van der Waals surface area (Å²) in [5, 5.41) is 0. The second-order valence-electron chi connectivity index (χ2n) is 5.60. The van der Waals surface area contributed by atoms with Crippen LogP contribution in [-0.2, 0) is 0 Å². The number of rotatable bonds is 2. The Labute approximate surface area is 78.8 Å². The minimum Gasteiger partial charge on any atom is -0.0693 e. The minimum absolute atomic E-state index is 0.745. The van der Waals surface area contributed by atoms with Crippen LogP contribution in [0.4, 0.5) is 0 Å². The molecule has 1 rings (SSSR count). The number of hydrogen-bond acceptors (Lipinski definition) is 0. The van der Waals surface area contributed by atoms with Crippen molar-refractivity contribution in [1.29, 1.82) is 0 Å². The van der Waals surface area contributed by atoms with E-state index in [1.165, 1.54) is 6.42 Å². The van der Waals surface area contributed by atoms with E-state index in [4.69, 9.17) is 0 Å². The molecule has 0 aromatic carbocycles. The van der Waals surface area contributed by atoms with E-state index in [2.05, 4.69) is 33.9 Å². The Morgan fingerprint density at radius 1 is 1.33 bits per heavy atom. The molecule has 3 atom stereocenters. The summed E-state index contributed by atoms with van der Waals surface area (Å²) in [5.41, 5.74) is 0. The third kappa shape index (κ3) is 2.12. The summed E-state index contributed by atoms with van der Waals surface area (Å²) < 4.78 is 0. The largest absolute Gasteiger partial charge is 0.0693 e. The normalized spacial score (nSPS) is 36.8. The Morgan fingerprint density at radius 2 is 1.92 bits per heavy atom. The van der Waals surface area contributed by atoms with Gasteiger partial charge in [0.05, 0.1) is 0 Å². The minimum atomic E-state index is -0.745. The first-order chi connectivity index (χ1) is 5.46. The molecule has 1 saturated heterocycles. The number of hydrogen-bond donors (Lipinski definition) is 0. The molecular formula is C11H24Si. The third-order valence-electron chi connectivity index (χ3n) is 3.77. The molecule has 0 aromatic heterocycles. The van der Waals surface area contributed by atoms with Gasteiger partial charge in [0.15, 0.2) is 0 Å². The van der Waals surface area contributed by atoms with Crippen molar-refractivity contribution in [1.82, 2.24) is 0 Å². The summed E-state index contributed by atoms with van der Waals surface area (Å²) in [6.07, 6.45) is 1.37. The van der Waals surface area contributed by atoms with Crippen LogP contribution in [-0.4, -0.2) is 8.07 Å². The van der Waals surface area contributed by atoms with Gasteiger partial charge in [0, 0.05) is 8.07 Å². The lowest BCUT2D eigenvalue weighted by molar-refractivity contribution is 0.306. The zero-order valence-electron chi connectivity index (χ0n) is 9.35. The Balaban J connectivity index is 2.57. The summed E-state index contributed by atoms with van der Waals surface area (Å²) in [4.78, 5) is 0. The van der Waals surface area contributed by atoms with Gasteiger partial charge in [-0.05, 0) is 17.8 Å². The van der Waals surface area contributed by atoms with Crippen LogP contribution in [0.3, 0.4) is 0 Å². The van der Waals surface area contributed by atoms with Crippen molar-refractivity contribution in [2.75, 3.05) is 0 Å². The van der Waals surface area contributed by atoms with Crippen LogP contribution < -0.4 is 0 Å². The summed E-state index contributed by atoms with van der Waals surface area (Å²) in [7, 11) is -0.745. The van der Waals surface area contributed by atoms with Gasteiger partial charge in [0.2, 0.25) is 0 Å². The van der Waals surface area contributed by atoms with Crippen molar-refractivity contribution in [2.45, 2.75) is 52.4 Å². The van der Waals surface area contributed by atoms with Gasteiger partial charge in [0.1, 0.15) is 0 Å². The highest BCUT2D eigenvalue weighted by Gasteiger charge is 2.39. The molecule has 0 nitrogen and oxygen atoms in total. The smallest absolute Gasteiger partial charge is 0.0479 e. The molecule has 1 heterocycles. The van der Waals surface area contributed by atoms with E-state index >= 15 is 0 Å². The first-order valence-electron chi connectivity index (χ1n) is 5.46. The van der Waals surface area contributed by atoms with Gasteiger partial charge >= 0.3 is 0 Å². The molecule has 3 unspecified atom stereocenters. The zero-order valence-corrected chi connectivity index (χ0v) is 10.4. The molecule has 0 radical (unpaired) electrons. The SMILES string of the molecule is CCC(C)C1C[Si](C)(C)CC1C. The van der Waals surface area contributed by atoms with Gasteiger partial charge in [-0.3, -0.25) is 0 Å². The van der Waals surface area contributed by atoms with E-state index in [-0.39, 0.29) is 0 Å². The van der Waals surface area contributed by atoms with E-state index in [1.54, 1.807) is 12.1 Å². The van der Waals surface area contributed by atoms with Crippen LogP contribution in [0.2, 0.25) is 25.2 Å². The van der Waals surface area contributed by atoms with Crippen LogP contribution in [0.15, 0.2) is 0 Å². The molecule has 72 valence electrons. The Kier molecular flexibility index (Phi) is 3.03. The van der Waals surface area contributed by atoms with Gasteiger partial charge in [-0.1, -0.05) is 52.4 Å². The lowest BCUT2D eigenvalue weighted by Crippen LogP contribution is -2.20. The van der Waals surface area contributed by atoms with Crippen LogP contribution >= 0.6 is 0 Å². The Hall–Kier alpha value is 0.217. The fourth-order valence-corrected chi connectivity index (χ4v) is 7.30. The maximum Gasteiger partial charge on any atom is 0.0479 e. The topological polar surface area (TPSA) is 0 Å². The predicted molar refractivity (Wildman–Crippen MR) is 59.2 cm³/mol. The predicted octanol–water partition coefficient (Wildman–Crippen LogP) is 4.01. The Bertz CT molecular complexity index is 151. The van der Waals surface area contributed by atoms with Gasteiger partial charge in [-0.15, -0.1) is 0 Å². The molecule has 1 aliphatic rings. The van der Waals surface area contributed by atoms with Gasteiger partial charge in [-0.2, -0.15) is 0 Å². The molecule has 0 aliphatic carbocycles.